The second kappa shape index (κ2) is 6.54. The number of nitrogens with zero attached hydrogens (tertiary/aromatic N) is 1. The molecule has 0 aromatic heterocycles. The maximum Gasteiger partial charge on any atom is 0.312 e. The van der Waals surface area contributed by atoms with Crippen molar-refractivity contribution in [1.29, 1.82) is 0 Å². The maximum absolute atomic E-state index is 13.1. The van der Waals surface area contributed by atoms with Crippen molar-refractivity contribution in [1.82, 2.24) is 4.90 Å². The summed E-state index contributed by atoms with van der Waals surface area (Å²) in [6, 6.07) is 8.17. The average Bonchev–Trinajstić information content (AvgIpc) is 3.26. The van der Waals surface area contributed by atoms with Gasteiger partial charge in [0, 0.05) is 6.54 Å². The lowest BCUT2D eigenvalue weighted by Crippen LogP contribution is -2.40. The van der Waals surface area contributed by atoms with Gasteiger partial charge in [-0.3, -0.25) is 9.59 Å². The van der Waals surface area contributed by atoms with Crippen molar-refractivity contribution >= 4 is 11.9 Å². The number of carbonyl (C=O) groups excluding carboxylic acids is 2. The quantitative estimate of drug-likeness (QED) is 0.447. The topological polar surface area (TPSA) is 55.8 Å². The molecule has 3 aliphatic rings. The van der Waals surface area contributed by atoms with Crippen molar-refractivity contribution < 1.29 is 19.1 Å². The molecule has 0 aliphatic carbocycles. The summed E-state index contributed by atoms with van der Waals surface area (Å²) in [5.74, 6) is -1.29. The molecule has 0 saturated carbocycles. The fourth-order valence-corrected chi connectivity index (χ4v) is 4.31. The van der Waals surface area contributed by atoms with Gasteiger partial charge in [0.1, 0.15) is 11.5 Å². The SMILES string of the molecule is CCCCOC(=O)[C@@H]1[C@@H]2C=C[C@]3(CN(Cc4ccc(C)cc4)C(=O)[C@H]13)O2. The fraction of sp³-hybridized carbons (Fsp3) is 0.524. The van der Waals surface area contributed by atoms with Gasteiger partial charge in [0.25, 0.3) is 0 Å². The first-order chi connectivity index (χ1) is 12.5. The van der Waals surface area contributed by atoms with Gasteiger partial charge in [-0.05, 0) is 18.9 Å². The molecule has 1 aromatic rings. The molecule has 1 amide bonds. The number of ether oxygens (including phenoxy) is 2. The van der Waals surface area contributed by atoms with Gasteiger partial charge in [0.15, 0.2) is 0 Å². The Morgan fingerprint density at radius 2 is 2.12 bits per heavy atom. The van der Waals surface area contributed by atoms with Crippen molar-refractivity contribution in [2.75, 3.05) is 13.2 Å². The van der Waals surface area contributed by atoms with Crippen LogP contribution in [0.3, 0.4) is 0 Å². The van der Waals surface area contributed by atoms with Crippen LogP contribution in [0.25, 0.3) is 0 Å². The molecule has 26 heavy (non-hydrogen) atoms. The van der Waals surface area contributed by atoms with E-state index in [0.717, 1.165) is 18.4 Å². The number of fused-ring (bicyclic) bond motifs is 1. The van der Waals surface area contributed by atoms with Crippen LogP contribution < -0.4 is 0 Å². The molecule has 4 rings (SSSR count). The first-order valence-electron chi connectivity index (χ1n) is 9.42. The largest absolute Gasteiger partial charge is 0.465 e. The first-order valence-corrected chi connectivity index (χ1v) is 9.42. The van der Waals surface area contributed by atoms with Crippen LogP contribution in [0.1, 0.15) is 30.9 Å². The number of likely N-dealkylation sites (tertiary alicyclic amines) is 1. The van der Waals surface area contributed by atoms with Crippen LogP contribution in [0.15, 0.2) is 36.4 Å². The van der Waals surface area contributed by atoms with Crippen LogP contribution in [-0.2, 0) is 25.6 Å². The van der Waals surface area contributed by atoms with E-state index in [1.807, 2.05) is 48.2 Å². The molecule has 5 heteroatoms. The Morgan fingerprint density at radius 3 is 2.85 bits per heavy atom. The number of unbranched alkanes of at least 4 members (excludes halogenated alkanes) is 1. The van der Waals surface area contributed by atoms with Crippen molar-refractivity contribution in [3.63, 3.8) is 0 Å². The second-order valence-electron chi connectivity index (χ2n) is 7.60. The minimum atomic E-state index is -0.666. The summed E-state index contributed by atoms with van der Waals surface area (Å²) >= 11 is 0. The third-order valence-corrected chi connectivity index (χ3v) is 5.69. The van der Waals surface area contributed by atoms with E-state index < -0.39 is 17.4 Å². The highest BCUT2D eigenvalue weighted by Gasteiger charge is 2.67. The van der Waals surface area contributed by atoms with Gasteiger partial charge in [-0.25, -0.2) is 0 Å². The second-order valence-corrected chi connectivity index (χ2v) is 7.60. The summed E-state index contributed by atoms with van der Waals surface area (Å²) in [5.41, 5.74) is 1.61. The Kier molecular flexibility index (Phi) is 4.35. The van der Waals surface area contributed by atoms with E-state index >= 15 is 0 Å². The Bertz CT molecular complexity index is 741. The van der Waals surface area contributed by atoms with E-state index in [0.29, 0.717) is 19.7 Å². The highest BCUT2D eigenvalue weighted by Crippen LogP contribution is 2.52. The minimum absolute atomic E-state index is 0.00475. The lowest BCUT2D eigenvalue weighted by Gasteiger charge is -2.22. The number of benzene rings is 1. The molecule has 3 heterocycles. The Labute approximate surface area is 154 Å². The average molecular weight is 355 g/mol. The van der Waals surface area contributed by atoms with Crippen LogP contribution in [0.4, 0.5) is 0 Å². The summed E-state index contributed by atoms with van der Waals surface area (Å²) in [6.07, 6.45) is 5.37. The summed E-state index contributed by atoms with van der Waals surface area (Å²) < 4.78 is 11.5. The number of hydrogen-bond donors (Lipinski definition) is 0. The number of aryl methyl sites for hydroxylation is 1. The minimum Gasteiger partial charge on any atom is -0.465 e. The molecule has 2 fully saturated rings. The Morgan fingerprint density at radius 1 is 1.35 bits per heavy atom. The summed E-state index contributed by atoms with van der Waals surface area (Å²) in [6.45, 7) is 5.53. The lowest BCUT2D eigenvalue weighted by molar-refractivity contribution is -0.154. The van der Waals surface area contributed by atoms with Gasteiger partial charge in [0.05, 0.1) is 25.2 Å². The number of rotatable bonds is 6. The van der Waals surface area contributed by atoms with E-state index in [9.17, 15) is 9.59 Å². The zero-order chi connectivity index (χ0) is 18.3. The van der Waals surface area contributed by atoms with Gasteiger partial charge >= 0.3 is 5.97 Å². The maximum atomic E-state index is 13.1. The van der Waals surface area contributed by atoms with Gasteiger partial charge in [0.2, 0.25) is 5.91 Å². The van der Waals surface area contributed by atoms with E-state index in [-0.39, 0.29) is 18.0 Å². The Hall–Kier alpha value is -2.14. The lowest BCUT2D eigenvalue weighted by atomic mass is 9.77. The summed E-state index contributed by atoms with van der Waals surface area (Å²) in [4.78, 5) is 27.5. The van der Waals surface area contributed by atoms with Gasteiger partial charge in [-0.1, -0.05) is 55.3 Å². The molecular weight excluding hydrogens is 330 g/mol. The van der Waals surface area contributed by atoms with E-state index in [2.05, 4.69) is 6.92 Å². The van der Waals surface area contributed by atoms with Crippen LogP contribution in [0.2, 0.25) is 0 Å². The van der Waals surface area contributed by atoms with Gasteiger partial charge in [-0.2, -0.15) is 0 Å². The molecule has 138 valence electrons. The zero-order valence-electron chi connectivity index (χ0n) is 15.3. The van der Waals surface area contributed by atoms with Gasteiger partial charge < -0.3 is 14.4 Å². The predicted molar refractivity (Wildman–Crippen MR) is 96.2 cm³/mol. The molecule has 2 saturated heterocycles. The molecule has 0 unspecified atom stereocenters. The highest BCUT2D eigenvalue weighted by molar-refractivity contribution is 5.91. The van der Waals surface area contributed by atoms with Crippen LogP contribution >= 0.6 is 0 Å². The normalized spacial score (nSPS) is 31.5. The zero-order valence-corrected chi connectivity index (χ0v) is 15.3. The third-order valence-electron chi connectivity index (χ3n) is 5.69. The number of esters is 1. The molecule has 4 atom stereocenters. The molecular formula is C21H25NO4. The number of carbonyl (C=O) groups is 2. The molecule has 5 nitrogen and oxygen atoms in total. The monoisotopic (exact) mass is 355 g/mol. The fourth-order valence-electron chi connectivity index (χ4n) is 4.31. The third kappa shape index (κ3) is 2.75. The van der Waals surface area contributed by atoms with Crippen LogP contribution in [-0.4, -0.2) is 41.6 Å². The number of amides is 1. The van der Waals surface area contributed by atoms with Crippen molar-refractivity contribution in [3.8, 4) is 0 Å². The molecule has 1 spiro atoms. The summed E-state index contributed by atoms with van der Waals surface area (Å²) in [7, 11) is 0. The molecule has 0 radical (unpaired) electrons. The van der Waals surface area contributed by atoms with Crippen molar-refractivity contribution in [3.05, 3.63) is 47.5 Å². The molecule has 2 bridgehead atoms. The molecule has 0 N–H and O–H groups in total. The van der Waals surface area contributed by atoms with Crippen molar-refractivity contribution in [2.24, 2.45) is 11.8 Å². The standard InChI is InChI=1S/C21H25NO4/c1-3-4-11-25-20(24)17-16-9-10-21(26-16)13-22(19(23)18(17)21)12-15-7-5-14(2)6-8-15/h5-10,16-18H,3-4,11-13H2,1-2H3/t16-,17+,18-,21+/m0/s1. The van der Waals surface area contributed by atoms with E-state index in [1.165, 1.54) is 5.56 Å². The van der Waals surface area contributed by atoms with Crippen LogP contribution in [0.5, 0.6) is 0 Å². The van der Waals surface area contributed by atoms with Gasteiger partial charge in [-0.15, -0.1) is 0 Å². The molecule has 1 aromatic carbocycles. The van der Waals surface area contributed by atoms with Crippen molar-refractivity contribution in [2.45, 2.75) is 44.9 Å². The number of hydrogen-bond acceptors (Lipinski definition) is 4. The van der Waals surface area contributed by atoms with Crippen LogP contribution in [0, 0.1) is 18.8 Å². The van der Waals surface area contributed by atoms with E-state index in [1.54, 1.807) is 0 Å². The van der Waals surface area contributed by atoms with E-state index in [4.69, 9.17) is 9.47 Å². The predicted octanol–water partition coefficient (Wildman–Crippen LogP) is 2.62. The smallest absolute Gasteiger partial charge is 0.312 e. The first kappa shape index (κ1) is 17.3. The Balaban J connectivity index is 1.51. The summed E-state index contributed by atoms with van der Waals surface area (Å²) in [5, 5.41) is 0. The highest BCUT2D eigenvalue weighted by atomic mass is 16.6. The molecule has 3 aliphatic heterocycles.